The number of sulfone groups is 1. The van der Waals surface area contributed by atoms with Crippen LogP contribution in [0.25, 0.3) is 11.3 Å². The number of allylic oxidation sites excluding steroid dienone is 2. The molecule has 5 heteroatoms. The van der Waals surface area contributed by atoms with Gasteiger partial charge in [-0.25, -0.2) is 13.4 Å². The van der Waals surface area contributed by atoms with Gasteiger partial charge in [-0.3, -0.25) is 0 Å². The minimum Gasteiger partial charge on any atom is -0.440 e. The maximum Gasteiger partial charge on any atom is 0.199 e. The second-order valence-corrected chi connectivity index (χ2v) is 9.28. The first-order valence-electron chi connectivity index (χ1n) is 9.50. The lowest BCUT2D eigenvalue weighted by molar-refractivity contribution is 0.517. The van der Waals surface area contributed by atoms with E-state index in [1.807, 2.05) is 30.3 Å². The third-order valence-electron chi connectivity index (χ3n) is 5.10. The molecular formula is C23H23NO3S. The molecule has 4 rings (SSSR count). The zero-order valence-electron chi connectivity index (χ0n) is 15.8. The molecule has 0 spiro atoms. The summed E-state index contributed by atoms with van der Waals surface area (Å²) in [7, 11) is -3.22. The van der Waals surface area contributed by atoms with Crippen LogP contribution in [0, 0.1) is 0 Å². The first-order chi connectivity index (χ1) is 13.5. The Kier molecular flexibility index (Phi) is 5.18. The van der Waals surface area contributed by atoms with Gasteiger partial charge in [0.25, 0.3) is 0 Å². The minimum atomic E-state index is -3.22. The van der Waals surface area contributed by atoms with Crippen LogP contribution in [-0.4, -0.2) is 19.7 Å². The van der Waals surface area contributed by atoms with Gasteiger partial charge in [0.2, 0.25) is 0 Å². The van der Waals surface area contributed by atoms with Gasteiger partial charge >= 0.3 is 0 Å². The van der Waals surface area contributed by atoms with E-state index in [0.29, 0.717) is 23.1 Å². The van der Waals surface area contributed by atoms with Crippen molar-refractivity contribution in [3.63, 3.8) is 0 Å². The minimum absolute atomic E-state index is 0.308. The van der Waals surface area contributed by atoms with Gasteiger partial charge in [0.05, 0.1) is 10.6 Å². The van der Waals surface area contributed by atoms with Gasteiger partial charge in [0.1, 0.15) is 0 Å². The number of nitrogens with zero attached hydrogens (tertiary/aromatic N) is 1. The molecule has 2 aromatic carbocycles. The van der Waals surface area contributed by atoms with E-state index in [0.717, 1.165) is 41.8 Å². The smallest absolute Gasteiger partial charge is 0.199 e. The van der Waals surface area contributed by atoms with Crippen molar-refractivity contribution < 1.29 is 12.8 Å². The van der Waals surface area contributed by atoms with Crippen LogP contribution >= 0.6 is 0 Å². The highest BCUT2D eigenvalue weighted by atomic mass is 32.2. The number of aromatic nitrogens is 1. The first-order valence-corrected chi connectivity index (χ1v) is 11.4. The average Bonchev–Trinajstić information content (AvgIpc) is 3.13. The summed E-state index contributed by atoms with van der Waals surface area (Å²) >= 11 is 0. The number of rotatable bonds is 5. The fraction of sp³-hybridized carbons (Fsp3) is 0.261. The van der Waals surface area contributed by atoms with Crippen LogP contribution < -0.4 is 0 Å². The molecule has 1 aromatic heterocycles. The van der Waals surface area contributed by atoms with E-state index in [-0.39, 0.29) is 0 Å². The van der Waals surface area contributed by atoms with Gasteiger partial charge in [-0.15, -0.1) is 0 Å². The Morgan fingerprint density at radius 2 is 1.79 bits per heavy atom. The van der Waals surface area contributed by atoms with Gasteiger partial charge in [0.15, 0.2) is 21.5 Å². The van der Waals surface area contributed by atoms with Gasteiger partial charge < -0.3 is 4.42 Å². The molecule has 0 N–H and O–H groups in total. The van der Waals surface area contributed by atoms with E-state index in [1.54, 1.807) is 12.1 Å². The molecule has 4 nitrogen and oxygen atoms in total. The molecule has 0 saturated heterocycles. The van der Waals surface area contributed by atoms with Crippen molar-refractivity contribution in [3.8, 4) is 11.3 Å². The molecule has 1 heterocycles. The summed E-state index contributed by atoms with van der Waals surface area (Å²) in [5.74, 6) is 1.77. The van der Waals surface area contributed by atoms with E-state index in [1.165, 1.54) is 6.26 Å². The molecule has 0 bridgehead atoms. The fourth-order valence-corrected chi connectivity index (χ4v) is 4.23. The predicted molar refractivity (Wildman–Crippen MR) is 110 cm³/mol. The maximum atomic E-state index is 11.8. The summed E-state index contributed by atoms with van der Waals surface area (Å²) in [6.45, 7) is 0. The lowest BCUT2D eigenvalue weighted by atomic mass is 9.89. The zero-order valence-corrected chi connectivity index (χ0v) is 16.7. The van der Waals surface area contributed by atoms with Crippen LogP contribution in [0.4, 0.5) is 0 Å². The molecule has 0 radical (unpaired) electrons. The van der Waals surface area contributed by atoms with E-state index in [4.69, 9.17) is 9.40 Å². The van der Waals surface area contributed by atoms with Gasteiger partial charge in [-0.1, -0.05) is 42.5 Å². The Labute approximate surface area is 165 Å². The Morgan fingerprint density at radius 1 is 1.04 bits per heavy atom. The lowest BCUT2D eigenvalue weighted by Crippen LogP contribution is -2.03. The molecule has 0 amide bonds. The molecule has 1 atom stereocenters. The lowest BCUT2D eigenvalue weighted by Gasteiger charge is -2.16. The molecule has 28 heavy (non-hydrogen) atoms. The highest BCUT2D eigenvalue weighted by molar-refractivity contribution is 7.90. The molecule has 1 aliphatic rings. The van der Waals surface area contributed by atoms with Crippen LogP contribution in [0.2, 0.25) is 0 Å². The van der Waals surface area contributed by atoms with Crippen molar-refractivity contribution >= 4 is 9.84 Å². The van der Waals surface area contributed by atoms with E-state index in [2.05, 4.69) is 24.3 Å². The summed E-state index contributed by atoms with van der Waals surface area (Å²) in [4.78, 5) is 5.17. The third-order valence-corrected chi connectivity index (χ3v) is 6.22. The Bertz CT molecular complexity index is 1080. The molecule has 0 fully saturated rings. The summed E-state index contributed by atoms with van der Waals surface area (Å²) in [5, 5.41) is 0. The van der Waals surface area contributed by atoms with E-state index in [9.17, 15) is 8.42 Å². The highest BCUT2D eigenvalue weighted by Crippen LogP contribution is 2.37. The van der Waals surface area contributed by atoms with Crippen molar-refractivity contribution in [1.82, 2.24) is 4.98 Å². The van der Waals surface area contributed by atoms with Crippen LogP contribution in [0.5, 0.6) is 0 Å². The quantitative estimate of drug-likeness (QED) is 0.562. The van der Waals surface area contributed by atoms with Gasteiger partial charge in [-0.2, -0.15) is 0 Å². The molecule has 144 valence electrons. The van der Waals surface area contributed by atoms with Crippen molar-refractivity contribution in [2.45, 2.75) is 36.5 Å². The van der Waals surface area contributed by atoms with Gasteiger partial charge in [-0.05, 0) is 49.1 Å². The Morgan fingerprint density at radius 3 is 2.43 bits per heavy atom. The normalized spacial score (nSPS) is 17.0. The van der Waals surface area contributed by atoms with Crippen molar-refractivity contribution in [3.05, 3.63) is 83.9 Å². The monoisotopic (exact) mass is 393 g/mol. The van der Waals surface area contributed by atoms with Crippen LogP contribution in [0.1, 0.15) is 42.3 Å². The average molecular weight is 394 g/mol. The molecule has 0 saturated carbocycles. The number of hydrogen-bond acceptors (Lipinski definition) is 4. The fourth-order valence-electron chi connectivity index (χ4n) is 3.60. The van der Waals surface area contributed by atoms with Gasteiger partial charge in [0, 0.05) is 24.2 Å². The van der Waals surface area contributed by atoms with E-state index >= 15 is 0 Å². The SMILES string of the molecule is CS(=O)(=O)c1ccc(-c2oc(Cc3ccccc3)nc2C2CC=CCC2)cc1. The molecule has 3 aromatic rings. The Balaban J connectivity index is 1.72. The summed E-state index contributed by atoms with van der Waals surface area (Å²) in [6, 6.07) is 17.0. The molecule has 1 unspecified atom stereocenters. The highest BCUT2D eigenvalue weighted by Gasteiger charge is 2.24. The topological polar surface area (TPSA) is 60.2 Å². The van der Waals surface area contributed by atoms with Crippen molar-refractivity contribution in [1.29, 1.82) is 0 Å². The third kappa shape index (κ3) is 4.09. The maximum absolute atomic E-state index is 11.8. The second-order valence-electron chi connectivity index (χ2n) is 7.26. The van der Waals surface area contributed by atoms with Crippen molar-refractivity contribution in [2.75, 3.05) is 6.26 Å². The Hall–Kier alpha value is -2.66. The molecule has 0 aliphatic heterocycles. The second kappa shape index (κ2) is 7.76. The number of hydrogen-bond donors (Lipinski definition) is 0. The summed E-state index contributed by atoms with van der Waals surface area (Å²) in [6.07, 6.45) is 9.30. The van der Waals surface area contributed by atoms with Crippen LogP contribution in [0.15, 0.2) is 76.1 Å². The largest absolute Gasteiger partial charge is 0.440 e. The zero-order chi connectivity index (χ0) is 19.6. The van der Waals surface area contributed by atoms with E-state index < -0.39 is 9.84 Å². The predicted octanol–water partition coefficient (Wildman–Crippen LogP) is 5.16. The van der Waals surface area contributed by atoms with Crippen molar-refractivity contribution in [2.24, 2.45) is 0 Å². The number of benzene rings is 2. The van der Waals surface area contributed by atoms with Crippen LogP contribution in [-0.2, 0) is 16.3 Å². The number of oxazole rings is 1. The van der Waals surface area contributed by atoms with Crippen LogP contribution in [0.3, 0.4) is 0 Å². The standard InChI is InChI=1S/C23H23NO3S/c1-28(25,26)20-14-12-19(13-15-20)23-22(18-10-6-3-7-11-18)24-21(27-23)16-17-8-4-2-5-9-17/h2-6,8-9,12-15,18H,7,10-11,16H2,1H3. The summed E-state index contributed by atoms with van der Waals surface area (Å²) < 4.78 is 29.7. The summed E-state index contributed by atoms with van der Waals surface area (Å²) in [5.41, 5.74) is 2.99. The molecular weight excluding hydrogens is 370 g/mol. The molecule has 1 aliphatic carbocycles. The first kappa shape index (κ1) is 18.7.